The number of aromatic nitrogens is 4. The molecule has 0 spiro atoms. The van der Waals surface area contributed by atoms with Crippen molar-refractivity contribution in [2.45, 2.75) is 18.9 Å². The van der Waals surface area contributed by atoms with Crippen LogP contribution in [0.5, 0.6) is 0 Å². The molecule has 0 aromatic carbocycles. The summed E-state index contributed by atoms with van der Waals surface area (Å²) in [6, 6.07) is 1.63. The Morgan fingerprint density at radius 1 is 1.21 bits per heavy atom. The first kappa shape index (κ1) is 11.7. The van der Waals surface area contributed by atoms with Gasteiger partial charge < -0.3 is 4.90 Å². The van der Waals surface area contributed by atoms with Crippen LogP contribution in [0.2, 0.25) is 0 Å². The fraction of sp³-hybridized carbons (Fsp3) is 0.308. The van der Waals surface area contributed by atoms with Gasteiger partial charge in [-0.1, -0.05) is 0 Å². The minimum Gasteiger partial charge on any atom is -0.329 e. The zero-order valence-corrected chi connectivity index (χ0v) is 10.3. The molecule has 0 unspecified atom stereocenters. The van der Waals surface area contributed by atoms with E-state index in [4.69, 9.17) is 0 Å². The highest BCUT2D eigenvalue weighted by atomic mass is 16.2. The average molecular weight is 255 g/mol. The van der Waals surface area contributed by atoms with Gasteiger partial charge in [-0.3, -0.25) is 14.8 Å². The SMILES string of the molecule is O=C(c1ccncn1)N1CCC[C@@H]1c1cnccn1. The van der Waals surface area contributed by atoms with Crippen LogP contribution in [-0.2, 0) is 0 Å². The molecule has 2 aromatic heterocycles. The Labute approximate surface area is 110 Å². The molecule has 96 valence electrons. The maximum atomic E-state index is 12.4. The van der Waals surface area contributed by atoms with Gasteiger partial charge >= 0.3 is 0 Å². The summed E-state index contributed by atoms with van der Waals surface area (Å²) in [7, 11) is 0. The number of hydrogen-bond donors (Lipinski definition) is 0. The van der Waals surface area contributed by atoms with Gasteiger partial charge in [0.2, 0.25) is 0 Å². The van der Waals surface area contributed by atoms with E-state index in [2.05, 4.69) is 19.9 Å². The molecule has 1 atom stereocenters. The van der Waals surface area contributed by atoms with Gasteiger partial charge in [0.1, 0.15) is 12.0 Å². The van der Waals surface area contributed by atoms with E-state index in [0.29, 0.717) is 5.69 Å². The number of amides is 1. The number of likely N-dealkylation sites (tertiary alicyclic amines) is 1. The van der Waals surface area contributed by atoms with Crippen molar-refractivity contribution in [2.24, 2.45) is 0 Å². The second kappa shape index (κ2) is 5.09. The predicted molar refractivity (Wildman–Crippen MR) is 67.1 cm³/mol. The molecule has 1 aliphatic rings. The Bertz CT molecular complexity index is 560. The lowest BCUT2D eigenvalue weighted by Crippen LogP contribution is -2.31. The van der Waals surface area contributed by atoms with E-state index in [-0.39, 0.29) is 11.9 Å². The van der Waals surface area contributed by atoms with Gasteiger partial charge in [0.15, 0.2) is 0 Å². The van der Waals surface area contributed by atoms with Gasteiger partial charge in [-0.15, -0.1) is 0 Å². The van der Waals surface area contributed by atoms with E-state index >= 15 is 0 Å². The summed E-state index contributed by atoms with van der Waals surface area (Å²) in [4.78, 5) is 30.4. The summed E-state index contributed by atoms with van der Waals surface area (Å²) in [5.41, 5.74) is 1.26. The molecule has 0 radical (unpaired) electrons. The summed E-state index contributed by atoms with van der Waals surface area (Å²) in [6.07, 6.45) is 9.86. The van der Waals surface area contributed by atoms with Crippen molar-refractivity contribution in [3.8, 4) is 0 Å². The van der Waals surface area contributed by atoms with E-state index in [1.807, 2.05) is 4.90 Å². The fourth-order valence-electron chi connectivity index (χ4n) is 2.36. The lowest BCUT2D eigenvalue weighted by Gasteiger charge is -2.23. The summed E-state index contributed by atoms with van der Waals surface area (Å²) < 4.78 is 0. The zero-order valence-electron chi connectivity index (χ0n) is 10.3. The molecule has 1 fully saturated rings. The molecule has 0 N–H and O–H groups in total. The lowest BCUT2D eigenvalue weighted by atomic mass is 10.1. The standard InChI is InChI=1S/C13H13N5O/c19-13(10-3-4-15-9-17-10)18-7-1-2-12(18)11-8-14-5-6-16-11/h3-6,8-9,12H,1-2,7H2/t12-/m1/s1. The molecule has 1 aliphatic heterocycles. The zero-order chi connectivity index (χ0) is 13.1. The first-order valence-electron chi connectivity index (χ1n) is 6.19. The number of carbonyl (C=O) groups is 1. The van der Waals surface area contributed by atoms with E-state index in [1.54, 1.807) is 30.9 Å². The molecular formula is C13H13N5O. The average Bonchev–Trinajstić information content (AvgIpc) is 2.98. The Hall–Kier alpha value is -2.37. The molecule has 1 saturated heterocycles. The van der Waals surface area contributed by atoms with Gasteiger partial charge in [-0.25, -0.2) is 9.97 Å². The first-order chi connectivity index (χ1) is 9.36. The minimum absolute atomic E-state index is 0.00355. The highest BCUT2D eigenvalue weighted by Crippen LogP contribution is 2.31. The largest absolute Gasteiger partial charge is 0.329 e. The molecule has 6 heteroatoms. The van der Waals surface area contributed by atoms with Crippen LogP contribution in [0.1, 0.15) is 35.1 Å². The third-order valence-electron chi connectivity index (χ3n) is 3.24. The van der Waals surface area contributed by atoms with Crippen molar-refractivity contribution in [1.29, 1.82) is 0 Å². The summed E-state index contributed by atoms with van der Waals surface area (Å²) in [6.45, 7) is 0.726. The van der Waals surface area contributed by atoms with Crippen LogP contribution in [0, 0.1) is 0 Å². The van der Waals surface area contributed by atoms with Crippen molar-refractivity contribution in [3.63, 3.8) is 0 Å². The van der Waals surface area contributed by atoms with Crippen LogP contribution >= 0.6 is 0 Å². The normalized spacial score (nSPS) is 18.5. The quantitative estimate of drug-likeness (QED) is 0.807. The lowest BCUT2D eigenvalue weighted by molar-refractivity contribution is 0.0726. The fourth-order valence-corrected chi connectivity index (χ4v) is 2.36. The molecule has 3 heterocycles. The van der Waals surface area contributed by atoms with Crippen LogP contribution < -0.4 is 0 Å². The van der Waals surface area contributed by atoms with Gasteiger partial charge in [-0.05, 0) is 18.9 Å². The first-order valence-corrected chi connectivity index (χ1v) is 6.19. The number of nitrogens with zero attached hydrogens (tertiary/aromatic N) is 5. The van der Waals surface area contributed by atoms with Crippen molar-refractivity contribution < 1.29 is 4.79 Å². The van der Waals surface area contributed by atoms with Crippen molar-refractivity contribution in [3.05, 3.63) is 48.6 Å². The molecule has 0 bridgehead atoms. The third-order valence-corrected chi connectivity index (χ3v) is 3.24. The van der Waals surface area contributed by atoms with Crippen LogP contribution in [-0.4, -0.2) is 37.3 Å². The third kappa shape index (κ3) is 2.29. The maximum Gasteiger partial charge on any atom is 0.273 e. The van der Waals surface area contributed by atoms with Crippen LogP contribution in [0.25, 0.3) is 0 Å². The Morgan fingerprint density at radius 3 is 2.89 bits per heavy atom. The van der Waals surface area contributed by atoms with Gasteiger partial charge in [-0.2, -0.15) is 0 Å². The molecule has 19 heavy (non-hydrogen) atoms. The van der Waals surface area contributed by atoms with Crippen molar-refractivity contribution in [1.82, 2.24) is 24.8 Å². The van der Waals surface area contributed by atoms with Gasteiger partial charge in [0.05, 0.1) is 17.9 Å². The molecule has 2 aromatic rings. The molecule has 6 nitrogen and oxygen atoms in total. The highest BCUT2D eigenvalue weighted by molar-refractivity contribution is 5.92. The van der Waals surface area contributed by atoms with E-state index in [9.17, 15) is 4.79 Å². The van der Waals surface area contributed by atoms with Crippen LogP contribution in [0.15, 0.2) is 37.2 Å². The van der Waals surface area contributed by atoms with Crippen LogP contribution in [0.3, 0.4) is 0 Å². The molecule has 3 rings (SSSR count). The summed E-state index contributed by atoms with van der Waals surface area (Å²) in [5, 5.41) is 0. The topological polar surface area (TPSA) is 71.9 Å². The molecule has 0 saturated carbocycles. The van der Waals surface area contributed by atoms with Gasteiger partial charge in [0.25, 0.3) is 5.91 Å². The number of hydrogen-bond acceptors (Lipinski definition) is 5. The Kier molecular flexibility index (Phi) is 3.14. The summed E-state index contributed by atoms with van der Waals surface area (Å²) in [5.74, 6) is -0.0736. The van der Waals surface area contributed by atoms with Crippen LogP contribution in [0.4, 0.5) is 0 Å². The smallest absolute Gasteiger partial charge is 0.273 e. The van der Waals surface area contributed by atoms with Crippen molar-refractivity contribution >= 4 is 5.91 Å². The molecular weight excluding hydrogens is 242 g/mol. The Morgan fingerprint density at radius 2 is 2.16 bits per heavy atom. The minimum atomic E-state index is -0.0736. The van der Waals surface area contributed by atoms with E-state index in [1.165, 1.54) is 6.33 Å². The Balaban J connectivity index is 1.86. The molecule has 1 amide bonds. The number of carbonyl (C=O) groups excluding carboxylic acids is 1. The summed E-state index contributed by atoms with van der Waals surface area (Å²) >= 11 is 0. The molecule has 0 aliphatic carbocycles. The highest BCUT2D eigenvalue weighted by Gasteiger charge is 2.32. The van der Waals surface area contributed by atoms with E-state index in [0.717, 1.165) is 25.1 Å². The van der Waals surface area contributed by atoms with Gasteiger partial charge in [0, 0.05) is 25.1 Å². The maximum absolute atomic E-state index is 12.4. The second-order valence-electron chi connectivity index (χ2n) is 4.38. The van der Waals surface area contributed by atoms with E-state index < -0.39 is 0 Å². The number of rotatable bonds is 2. The van der Waals surface area contributed by atoms with Crippen molar-refractivity contribution in [2.75, 3.05) is 6.54 Å². The predicted octanol–water partition coefficient (Wildman–Crippen LogP) is 1.24. The monoisotopic (exact) mass is 255 g/mol. The second-order valence-corrected chi connectivity index (χ2v) is 4.38.